The Balaban J connectivity index is 1.41. The molecule has 2 aliphatic rings. The molecule has 0 N–H and O–H groups in total. The van der Waals surface area contributed by atoms with Crippen LogP contribution in [0.1, 0.15) is 32.7 Å². The third-order valence-corrected chi connectivity index (χ3v) is 5.79. The number of carbonyl (C=O) groups excluding carboxylic acids is 4. The summed E-state index contributed by atoms with van der Waals surface area (Å²) in [6, 6.07) is 13.0. The number of carbonyl (C=O) groups is 4. The van der Waals surface area contributed by atoms with Gasteiger partial charge >= 0.3 is 5.97 Å². The minimum Gasteiger partial charge on any atom is -0.493 e. The zero-order valence-electron chi connectivity index (χ0n) is 19.6. The first kappa shape index (κ1) is 24.6. The second-order valence-electron chi connectivity index (χ2n) is 8.02. The second-order valence-corrected chi connectivity index (χ2v) is 8.02. The van der Waals surface area contributed by atoms with E-state index in [9.17, 15) is 24.4 Å². The van der Waals surface area contributed by atoms with Gasteiger partial charge in [-0.25, -0.2) is 0 Å². The van der Waals surface area contributed by atoms with Gasteiger partial charge in [-0.05, 0) is 35.9 Å². The molecule has 10 heteroatoms. The topological polar surface area (TPSA) is 126 Å². The van der Waals surface area contributed by atoms with Crippen molar-refractivity contribution in [3.8, 4) is 17.6 Å². The molecule has 36 heavy (non-hydrogen) atoms. The molecule has 0 aromatic heterocycles. The van der Waals surface area contributed by atoms with E-state index in [1.807, 2.05) is 6.07 Å². The molecule has 0 radical (unpaired) electrons. The van der Waals surface area contributed by atoms with Crippen LogP contribution in [0.15, 0.2) is 48.0 Å². The lowest BCUT2D eigenvalue weighted by Gasteiger charge is -2.26. The van der Waals surface area contributed by atoms with Crippen molar-refractivity contribution < 1.29 is 33.4 Å². The summed E-state index contributed by atoms with van der Waals surface area (Å²) in [5, 5.41) is 9.48. The summed E-state index contributed by atoms with van der Waals surface area (Å²) in [6.45, 7) is 1.55. The van der Waals surface area contributed by atoms with Crippen molar-refractivity contribution in [2.75, 3.05) is 40.0 Å². The van der Waals surface area contributed by atoms with Gasteiger partial charge < -0.3 is 19.1 Å². The van der Waals surface area contributed by atoms with Crippen LogP contribution in [0.2, 0.25) is 0 Å². The molecule has 2 heterocycles. The van der Waals surface area contributed by atoms with Gasteiger partial charge in [-0.2, -0.15) is 5.26 Å². The quantitative estimate of drug-likeness (QED) is 0.190. The Morgan fingerprint density at radius 2 is 1.72 bits per heavy atom. The summed E-state index contributed by atoms with van der Waals surface area (Å²) >= 11 is 0. The maximum absolute atomic E-state index is 12.6. The molecule has 2 aromatic carbocycles. The maximum atomic E-state index is 12.6. The molecule has 0 unspecified atom stereocenters. The smallest absolute Gasteiger partial charge is 0.313 e. The van der Waals surface area contributed by atoms with Crippen LogP contribution in [0.4, 0.5) is 0 Å². The highest BCUT2D eigenvalue weighted by Gasteiger charge is 2.35. The molecule has 4 rings (SSSR count). The summed E-state index contributed by atoms with van der Waals surface area (Å²) in [5.74, 6) is -1.60. The van der Waals surface area contributed by atoms with Gasteiger partial charge in [0.15, 0.2) is 11.5 Å². The Bertz CT molecular complexity index is 1250. The zero-order chi connectivity index (χ0) is 25.7. The van der Waals surface area contributed by atoms with Gasteiger partial charge in [0.1, 0.15) is 11.6 Å². The molecule has 0 bridgehead atoms. The molecule has 184 valence electrons. The molecule has 1 fully saturated rings. The Labute approximate surface area is 207 Å². The Kier molecular flexibility index (Phi) is 7.42. The van der Waals surface area contributed by atoms with Gasteiger partial charge in [0.05, 0.1) is 37.9 Å². The summed E-state index contributed by atoms with van der Waals surface area (Å²) in [5.41, 5.74) is 1.09. The van der Waals surface area contributed by atoms with Crippen molar-refractivity contribution in [1.29, 1.82) is 5.26 Å². The SMILES string of the molecule is COc1cc(/C=C(\C#N)C(=O)N2CCOCC2)ccc1OC(=O)CCN1C(=O)c2ccccc2C1=O. The van der Waals surface area contributed by atoms with Gasteiger partial charge in [0.2, 0.25) is 0 Å². The average molecular weight is 489 g/mol. The molecule has 0 aliphatic carbocycles. The number of methoxy groups -OCH3 is 1. The standard InChI is InChI=1S/C26H23N3O7/c1-34-22-15-17(14-18(16-27)24(31)28-10-12-35-13-11-28)6-7-21(22)36-23(30)8-9-29-25(32)19-4-2-3-5-20(19)26(29)33/h2-7,14-15H,8-13H2,1H3/b18-14+. The van der Waals surface area contributed by atoms with Crippen LogP contribution in [0.5, 0.6) is 11.5 Å². The van der Waals surface area contributed by atoms with Crippen molar-refractivity contribution in [1.82, 2.24) is 9.80 Å². The summed E-state index contributed by atoms with van der Waals surface area (Å²) in [4.78, 5) is 52.6. The van der Waals surface area contributed by atoms with E-state index in [0.29, 0.717) is 43.0 Å². The monoisotopic (exact) mass is 489 g/mol. The number of ether oxygens (including phenoxy) is 3. The van der Waals surface area contributed by atoms with Crippen molar-refractivity contribution >= 4 is 29.8 Å². The van der Waals surface area contributed by atoms with E-state index in [-0.39, 0.29) is 35.9 Å². The Hall–Kier alpha value is -4.49. The number of esters is 1. The number of hydrogen-bond acceptors (Lipinski definition) is 8. The van der Waals surface area contributed by atoms with E-state index >= 15 is 0 Å². The van der Waals surface area contributed by atoms with E-state index in [2.05, 4.69) is 0 Å². The first-order chi connectivity index (χ1) is 17.4. The van der Waals surface area contributed by atoms with Crippen LogP contribution in [-0.4, -0.2) is 73.4 Å². The highest BCUT2D eigenvalue weighted by molar-refractivity contribution is 6.21. The van der Waals surface area contributed by atoms with E-state index in [0.717, 1.165) is 4.90 Å². The largest absolute Gasteiger partial charge is 0.493 e. The number of benzene rings is 2. The van der Waals surface area contributed by atoms with Gasteiger partial charge in [0, 0.05) is 19.6 Å². The fraction of sp³-hybridized carbons (Fsp3) is 0.269. The summed E-state index contributed by atoms with van der Waals surface area (Å²) < 4.78 is 15.9. The average Bonchev–Trinajstić information content (AvgIpc) is 3.16. The molecule has 0 saturated carbocycles. The van der Waals surface area contributed by atoms with Crippen LogP contribution in [-0.2, 0) is 14.3 Å². The van der Waals surface area contributed by atoms with Crippen LogP contribution >= 0.6 is 0 Å². The maximum Gasteiger partial charge on any atom is 0.313 e. The molecule has 1 saturated heterocycles. The third kappa shape index (κ3) is 5.11. The molecule has 3 amide bonds. The minimum absolute atomic E-state index is 0.0374. The number of rotatable bonds is 7. The van der Waals surface area contributed by atoms with Crippen LogP contribution < -0.4 is 9.47 Å². The van der Waals surface area contributed by atoms with Crippen molar-refractivity contribution in [3.63, 3.8) is 0 Å². The number of imide groups is 1. The van der Waals surface area contributed by atoms with Crippen molar-refractivity contribution in [2.24, 2.45) is 0 Å². The fourth-order valence-corrected chi connectivity index (χ4v) is 3.92. The summed E-state index contributed by atoms with van der Waals surface area (Å²) in [7, 11) is 1.39. The second kappa shape index (κ2) is 10.8. The molecule has 0 spiro atoms. The lowest BCUT2D eigenvalue weighted by molar-refractivity contribution is -0.134. The molecule has 0 atom stereocenters. The predicted molar refractivity (Wildman–Crippen MR) is 126 cm³/mol. The van der Waals surface area contributed by atoms with Gasteiger partial charge in [-0.3, -0.25) is 24.1 Å². The van der Waals surface area contributed by atoms with Crippen molar-refractivity contribution in [3.05, 3.63) is 64.7 Å². The van der Waals surface area contributed by atoms with Gasteiger partial charge in [0.25, 0.3) is 17.7 Å². The predicted octanol–water partition coefficient (Wildman–Crippen LogP) is 2.05. The highest BCUT2D eigenvalue weighted by atomic mass is 16.6. The molecule has 2 aliphatic heterocycles. The lowest BCUT2D eigenvalue weighted by Crippen LogP contribution is -2.41. The number of hydrogen-bond donors (Lipinski definition) is 0. The Morgan fingerprint density at radius 1 is 1.06 bits per heavy atom. The number of fused-ring (bicyclic) bond motifs is 1. The first-order valence-corrected chi connectivity index (χ1v) is 11.3. The molecule has 10 nitrogen and oxygen atoms in total. The lowest BCUT2D eigenvalue weighted by atomic mass is 10.1. The normalized spacial score (nSPS) is 15.4. The van der Waals surface area contributed by atoms with Gasteiger partial charge in [-0.1, -0.05) is 18.2 Å². The number of nitriles is 1. The van der Waals surface area contributed by atoms with Crippen LogP contribution in [0.3, 0.4) is 0 Å². The van der Waals surface area contributed by atoms with Gasteiger partial charge in [-0.15, -0.1) is 0 Å². The van der Waals surface area contributed by atoms with Crippen LogP contribution in [0, 0.1) is 11.3 Å². The number of nitrogens with zero attached hydrogens (tertiary/aromatic N) is 3. The highest BCUT2D eigenvalue weighted by Crippen LogP contribution is 2.30. The zero-order valence-corrected chi connectivity index (χ0v) is 19.6. The number of morpholine rings is 1. The fourth-order valence-electron chi connectivity index (χ4n) is 3.92. The first-order valence-electron chi connectivity index (χ1n) is 11.3. The molecular formula is C26H23N3O7. The van der Waals surface area contributed by atoms with E-state index < -0.39 is 17.8 Å². The molecule has 2 aromatic rings. The number of amides is 3. The third-order valence-electron chi connectivity index (χ3n) is 5.79. The minimum atomic E-state index is -0.659. The van der Waals surface area contributed by atoms with Crippen LogP contribution in [0.25, 0.3) is 6.08 Å². The molecular weight excluding hydrogens is 466 g/mol. The Morgan fingerprint density at radius 3 is 2.33 bits per heavy atom. The van der Waals surface area contributed by atoms with E-state index in [1.54, 1.807) is 35.2 Å². The van der Waals surface area contributed by atoms with E-state index in [1.165, 1.54) is 25.3 Å². The summed E-state index contributed by atoms with van der Waals surface area (Å²) in [6.07, 6.45) is 1.23. The van der Waals surface area contributed by atoms with E-state index in [4.69, 9.17) is 14.2 Å². The van der Waals surface area contributed by atoms with Crippen molar-refractivity contribution in [2.45, 2.75) is 6.42 Å².